The first-order valence-electron chi connectivity index (χ1n) is 4.15. The summed E-state index contributed by atoms with van der Waals surface area (Å²) in [4.78, 5) is 11.3. The van der Waals surface area contributed by atoms with Crippen LogP contribution in [0.1, 0.15) is 0 Å². The van der Waals surface area contributed by atoms with Gasteiger partial charge in [0.1, 0.15) is 0 Å². The van der Waals surface area contributed by atoms with E-state index in [1.54, 1.807) is 0 Å². The van der Waals surface area contributed by atoms with Gasteiger partial charge in [0.25, 0.3) is 0 Å². The molecule has 4 nitrogen and oxygen atoms in total. The molecule has 68 valence electrons. The zero-order valence-corrected chi connectivity index (χ0v) is 7.13. The largest absolute Gasteiger partial charge is 0.469 e. The molecule has 1 N–H and O–H groups in total. The summed E-state index contributed by atoms with van der Waals surface area (Å²) in [6.45, 7) is 3.00. The maximum Gasteiger partial charge on any atom is 0.310 e. The maximum atomic E-state index is 11.3. The molecule has 2 heterocycles. The molecule has 2 rings (SSSR count). The monoisotopic (exact) mass is 171 g/mol. The molecular formula is C8H13NO3. The zero-order chi connectivity index (χ0) is 8.60. The van der Waals surface area contributed by atoms with Crippen molar-refractivity contribution in [1.82, 2.24) is 5.32 Å². The lowest BCUT2D eigenvalue weighted by Crippen LogP contribution is -2.51. The van der Waals surface area contributed by atoms with E-state index in [9.17, 15) is 4.79 Å². The summed E-state index contributed by atoms with van der Waals surface area (Å²) in [5.74, 6) is -0.112. The number of rotatable bonds is 1. The average molecular weight is 171 g/mol. The van der Waals surface area contributed by atoms with Gasteiger partial charge in [-0.05, 0) is 0 Å². The summed E-state index contributed by atoms with van der Waals surface area (Å²) in [7, 11) is 1.44. The molecule has 0 saturated carbocycles. The highest BCUT2D eigenvalue weighted by Gasteiger charge is 2.52. The highest BCUT2D eigenvalue weighted by atomic mass is 16.5. The molecule has 2 saturated heterocycles. The summed E-state index contributed by atoms with van der Waals surface area (Å²) in [5.41, 5.74) is 0.0487. The van der Waals surface area contributed by atoms with Crippen LogP contribution in [0.15, 0.2) is 0 Å². The molecule has 0 aromatic carbocycles. The molecular weight excluding hydrogens is 158 g/mol. The molecule has 0 aromatic heterocycles. The van der Waals surface area contributed by atoms with Crippen molar-refractivity contribution in [1.29, 1.82) is 0 Å². The van der Waals surface area contributed by atoms with Crippen LogP contribution in [0.25, 0.3) is 0 Å². The highest BCUT2D eigenvalue weighted by Crippen LogP contribution is 2.39. The van der Waals surface area contributed by atoms with Crippen LogP contribution in [0.3, 0.4) is 0 Å². The Hall–Kier alpha value is -0.610. The van der Waals surface area contributed by atoms with Crippen LogP contribution in [0.5, 0.6) is 0 Å². The molecule has 0 amide bonds. The Labute approximate surface area is 71.2 Å². The first-order valence-corrected chi connectivity index (χ1v) is 4.15. The van der Waals surface area contributed by atoms with E-state index in [1.807, 2.05) is 0 Å². The fraction of sp³-hybridized carbons (Fsp3) is 0.875. The van der Waals surface area contributed by atoms with Crippen LogP contribution in [0.2, 0.25) is 0 Å². The maximum absolute atomic E-state index is 11.3. The van der Waals surface area contributed by atoms with Crippen LogP contribution >= 0.6 is 0 Å². The molecule has 1 atom stereocenters. The summed E-state index contributed by atoms with van der Waals surface area (Å²) in [6.07, 6.45) is 0. The third-order valence-corrected chi connectivity index (χ3v) is 2.83. The number of methoxy groups -OCH3 is 1. The standard InChI is InChI=1S/C8H13NO3/c1-11-7(10)6-2-9-3-8(6)4-12-5-8/h6,9H,2-5H2,1H3. The van der Waals surface area contributed by atoms with Gasteiger partial charge in [-0.15, -0.1) is 0 Å². The van der Waals surface area contributed by atoms with Crippen molar-refractivity contribution in [2.24, 2.45) is 11.3 Å². The fourth-order valence-corrected chi connectivity index (χ4v) is 1.95. The summed E-state index contributed by atoms with van der Waals surface area (Å²) < 4.78 is 9.87. The van der Waals surface area contributed by atoms with Gasteiger partial charge in [0.15, 0.2) is 0 Å². The summed E-state index contributed by atoms with van der Waals surface area (Å²) >= 11 is 0. The second-order valence-electron chi connectivity index (χ2n) is 3.56. The van der Waals surface area contributed by atoms with Crippen molar-refractivity contribution in [3.05, 3.63) is 0 Å². The van der Waals surface area contributed by atoms with Crippen LogP contribution in [-0.4, -0.2) is 39.4 Å². The molecule has 1 unspecified atom stereocenters. The van der Waals surface area contributed by atoms with Crippen molar-refractivity contribution in [2.45, 2.75) is 0 Å². The Balaban J connectivity index is 2.09. The van der Waals surface area contributed by atoms with Crippen molar-refractivity contribution in [3.8, 4) is 0 Å². The van der Waals surface area contributed by atoms with E-state index in [2.05, 4.69) is 5.32 Å². The highest BCUT2D eigenvalue weighted by molar-refractivity contribution is 5.74. The average Bonchev–Trinajstić information content (AvgIpc) is 2.45. The van der Waals surface area contributed by atoms with Gasteiger partial charge < -0.3 is 14.8 Å². The second kappa shape index (κ2) is 2.71. The molecule has 0 bridgehead atoms. The smallest absolute Gasteiger partial charge is 0.310 e. The Morgan fingerprint density at radius 1 is 1.67 bits per heavy atom. The van der Waals surface area contributed by atoms with E-state index in [1.165, 1.54) is 7.11 Å². The molecule has 2 fully saturated rings. The number of nitrogens with one attached hydrogen (secondary N) is 1. The first kappa shape index (κ1) is 8.01. The van der Waals surface area contributed by atoms with E-state index < -0.39 is 0 Å². The van der Waals surface area contributed by atoms with Gasteiger partial charge in [0, 0.05) is 18.5 Å². The van der Waals surface area contributed by atoms with E-state index in [-0.39, 0.29) is 17.3 Å². The third-order valence-electron chi connectivity index (χ3n) is 2.83. The Morgan fingerprint density at radius 2 is 2.42 bits per heavy atom. The minimum absolute atomic E-state index is 0.00347. The van der Waals surface area contributed by atoms with Crippen molar-refractivity contribution < 1.29 is 14.3 Å². The van der Waals surface area contributed by atoms with Gasteiger partial charge in [0.05, 0.1) is 26.2 Å². The molecule has 0 radical (unpaired) electrons. The predicted molar refractivity (Wildman–Crippen MR) is 41.6 cm³/mol. The van der Waals surface area contributed by atoms with E-state index in [4.69, 9.17) is 9.47 Å². The van der Waals surface area contributed by atoms with Gasteiger partial charge >= 0.3 is 5.97 Å². The van der Waals surface area contributed by atoms with Crippen LogP contribution in [0.4, 0.5) is 0 Å². The van der Waals surface area contributed by atoms with Crippen LogP contribution < -0.4 is 5.32 Å². The van der Waals surface area contributed by atoms with Crippen LogP contribution in [-0.2, 0) is 14.3 Å². The lowest BCUT2D eigenvalue weighted by Gasteiger charge is -2.40. The topological polar surface area (TPSA) is 47.6 Å². The summed E-state index contributed by atoms with van der Waals surface area (Å²) in [5, 5.41) is 3.20. The molecule has 2 aliphatic rings. The van der Waals surface area contributed by atoms with Crippen molar-refractivity contribution >= 4 is 5.97 Å². The number of ether oxygens (including phenoxy) is 2. The van der Waals surface area contributed by atoms with Crippen molar-refractivity contribution in [3.63, 3.8) is 0 Å². The lowest BCUT2D eigenvalue weighted by molar-refractivity contribution is -0.167. The molecule has 0 aliphatic carbocycles. The van der Waals surface area contributed by atoms with Gasteiger partial charge in [-0.2, -0.15) is 0 Å². The first-order chi connectivity index (χ1) is 5.78. The van der Waals surface area contributed by atoms with E-state index >= 15 is 0 Å². The minimum atomic E-state index is -0.108. The number of carbonyl (C=O) groups is 1. The molecule has 12 heavy (non-hydrogen) atoms. The third kappa shape index (κ3) is 0.949. The van der Waals surface area contributed by atoms with Gasteiger partial charge in [-0.3, -0.25) is 4.79 Å². The number of carbonyl (C=O) groups excluding carboxylic acids is 1. The zero-order valence-electron chi connectivity index (χ0n) is 7.13. The number of hydrogen-bond donors (Lipinski definition) is 1. The molecule has 0 aromatic rings. The predicted octanol–water partition coefficient (Wildman–Crippen LogP) is -0.605. The summed E-state index contributed by atoms with van der Waals surface area (Å²) in [6, 6.07) is 0. The number of esters is 1. The Kier molecular flexibility index (Phi) is 1.81. The molecule has 2 aliphatic heterocycles. The molecule has 1 spiro atoms. The van der Waals surface area contributed by atoms with Gasteiger partial charge in [-0.25, -0.2) is 0 Å². The Bertz CT molecular complexity index is 200. The van der Waals surface area contributed by atoms with E-state index in [0.717, 1.165) is 13.1 Å². The normalized spacial score (nSPS) is 31.6. The SMILES string of the molecule is COC(=O)C1CNCC12COC2. The Morgan fingerprint density at radius 3 is 2.92 bits per heavy atom. The van der Waals surface area contributed by atoms with E-state index in [0.29, 0.717) is 13.2 Å². The minimum Gasteiger partial charge on any atom is -0.469 e. The fourth-order valence-electron chi connectivity index (χ4n) is 1.95. The van der Waals surface area contributed by atoms with Crippen LogP contribution in [0, 0.1) is 11.3 Å². The van der Waals surface area contributed by atoms with Crippen molar-refractivity contribution in [2.75, 3.05) is 33.4 Å². The number of hydrogen-bond acceptors (Lipinski definition) is 4. The van der Waals surface area contributed by atoms with Gasteiger partial charge in [-0.1, -0.05) is 0 Å². The quantitative estimate of drug-likeness (QED) is 0.535. The second-order valence-corrected chi connectivity index (χ2v) is 3.56. The lowest BCUT2D eigenvalue weighted by atomic mass is 9.76. The van der Waals surface area contributed by atoms with Gasteiger partial charge in [0.2, 0.25) is 0 Å². The molecule has 4 heteroatoms.